The van der Waals surface area contributed by atoms with Crippen LogP contribution in [-0.2, 0) is 4.79 Å². The van der Waals surface area contributed by atoms with E-state index in [1.807, 2.05) is 0 Å². The van der Waals surface area contributed by atoms with Crippen LogP contribution in [0.5, 0.6) is 0 Å². The number of hydrogen-bond donors (Lipinski definition) is 2. The van der Waals surface area contributed by atoms with E-state index in [2.05, 4.69) is 10.6 Å². The Hall–Kier alpha value is -2.21. The van der Waals surface area contributed by atoms with Gasteiger partial charge in [0.1, 0.15) is 0 Å². The minimum absolute atomic E-state index is 0.0283. The standard InChI is InChI=1S/C16H14ClF3N2O/c1-9-8-10(17)2-4-12(9)22-14(23)6-7-21-13-5-3-11(18)15(19)16(13)20/h2-5,8,21H,6-7H2,1H3,(H,22,23). The summed E-state index contributed by atoms with van der Waals surface area (Å²) in [5.41, 5.74) is 1.24. The molecule has 0 fully saturated rings. The third kappa shape index (κ3) is 4.39. The summed E-state index contributed by atoms with van der Waals surface area (Å²) in [7, 11) is 0. The largest absolute Gasteiger partial charge is 0.382 e. The zero-order valence-corrected chi connectivity index (χ0v) is 13.0. The molecule has 2 aromatic rings. The van der Waals surface area contributed by atoms with Crippen molar-refractivity contribution in [2.45, 2.75) is 13.3 Å². The molecule has 3 nitrogen and oxygen atoms in total. The molecule has 0 bridgehead atoms. The van der Waals surface area contributed by atoms with Crippen molar-refractivity contribution in [3.63, 3.8) is 0 Å². The molecule has 0 aromatic heterocycles. The van der Waals surface area contributed by atoms with Gasteiger partial charge in [-0.2, -0.15) is 0 Å². The first-order chi connectivity index (χ1) is 10.9. The van der Waals surface area contributed by atoms with Gasteiger partial charge in [-0.3, -0.25) is 4.79 Å². The van der Waals surface area contributed by atoms with Crippen molar-refractivity contribution >= 4 is 28.9 Å². The van der Waals surface area contributed by atoms with Crippen LogP contribution in [0.4, 0.5) is 24.5 Å². The van der Waals surface area contributed by atoms with E-state index in [0.29, 0.717) is 10.7 Å². The van der Waals surface area contributed by atoms with Crippen molar-refractivity contribution in [3.05, 3.63) is 58.4 Å². The van der Waals surface area contributed by atoms with Crippen molar-refractivity contribution in [1.82, 2.24) is 0 Å². The van der Waals surface area contributed by atoms with Crippen LogP contribution in [0.2, 0.25) is 5.02 Å². The molecule has 0 heterocycles. The van der Waals surface area contributed by atoms with E-state index in [0.717, 1.165) is 17.7 Å². The van der Waals surface area contributed by atoms with Crippen LogP contribution in [-0.4, -0.2) is 12.5 Å². The van der Waals surface area contributed by atoms with Gasteiger partial charge in [0.15, 0.2) is 17.5 Å². The molecule has 122 valence electrons. The number of amides is 1. The predicted octanol–water partition coefficient (Wildman–Crippen LogP) is 4.51. The van der Waals surface area contributed by atoms with Crippen LogP contribution in [0.1, 0.15) is 12.0 Å². The second kappa shape index (κ2) is 7.37. The first-order valence-electron chi connectivity index (χ1n) is 6.82. The van der Waals surface area contributed by atoms with Crippen molar-refractivity contribution in [3.8, 4) is 0 Å². The molecule has 2 rings (SSSR count). The fourth-order valence-corrected chi connectivity index (χ4v) is 2.18. The Balaban J connectivity index is 1.89. The molecule has 0 aliphatic rings. The van der Waals surface area contributed by atoms with E-state index < -0.39 is 17.5 Å². The van der Waals surface area contributed by atoms with Crippen LogP contribution in [0.15, 0.2) is 30.3 Å². The van der Waals surface area contributed by atoms with E-state index >= 15 is 0 Å². The highest BCUT2D eigenvalue weighted by Gasteiger charge is 2.13. The lowest BCUT2D eigenvalue weighted by atomic mass is 10.2. The van der Waals surface area contributed by atoms with Crippen LogP contribution in [0.25, 0.3) is 0 Å². The first-order valence-corrected chi connectivity index (χ1v) is 7.19. The highest BCUT2D eigenvalue weighted by Crippen LogP contribution is 2.21. The van der Waals surface area contributed by atoms with Gasteiger partial charge >= 0.3 is 0 Å². The lowest BCUT2D eigenvalue weighted by molar-refractivity contribution is -0.115. The summed E-state index contributed by atoms with van der Waals surface area (Å²) in [5.74, 6) is -4.41. The van der Waals surface area contributed by atoms with Crippen molar-refractivity contribution < 1.29 is 18.0 Å². The Kier molecular flexibility index (Phi) is 5.50. The van der Waals surface area contributed by atoms with Crippen molar-refractivity contribution in [2.75, 3.05) is 17.2 Å². The number of anilines is 2. The molecular weight excluding hydrogens is 329 g/mol. The van der Waals surface area contributed by atoms with E-state index in [9.17, 15) is 18.0 Å². The third-order valence-corrected chi connectivity index (χ3v) is 3.40. The van der Waals surface area contributed by atoms with Gasteiger partial charge in [-0.1, -0.05) is 11.6 Å². The number of benzene rings is 2. The molecule has 0 atom stereocenters. The number of rotatable bonds is 5. The van der Waals surface area contributed by atoms with Crippen molar-refractivity contribution in [2.24, 2.45) is 0 Å². The molecule has 0 aliphatic heterocycles. The summed E-state index contributed by atoms with van der Waals surface area (Å²) >= 11 is 5.83. The van der Waals surface area contributed by atoms with Gasteiger partial charge in [0.2, 0.25) is 5.91 Å². The quantitative estimate of drug-likeness (QED) is 0.785. The molecule has 0 saturated carbocycles. The summed E-state index contributed by atoms with van der Waals surface area (Å²) in [6.45, 7) is 1.87. The van der Waals surface area contributed by atoms with Gasteiger partial charge < -0.3 is 10.6 Å². The highest BCUT2D eigenvalue weighted by atomic mass is 35.5. The van der Waals surface area contributed by atoms with Gasteiger partial charge in [-0.05, 0) is 42.8 Å². The van der Waals surface area contributed by atoms with Gasteiger partial charge in [0.05, 0.1) is 5.69 Å². The third-order valence-electron chi connectivity index (χ3n) is 3.17. The smallest absolute Gasteiger partial charge is 0.226 e. The highest BCUT2D eigenvalue weighted by molar-refractivity contribution is 6.30. The first kappa shape index (κ1) is 17.1. The van der Waals surface area contributed by atoms with Gasteiger partial charge in [-0.15, -0.1) is 0 Å². The van der Waals surface area contributed by atoms with Gasteiger partial charge in [0, 0.05) is 23.7 Å². The zero-order valence-electron chi connectivity index (χ0n) is 12.2. The monoisotopic (exact) mass is 342 g/mol. The van der Waals surface area contributed by atoms with Crippen LogP contribution in [0.3, 0.4) is 0 Å². The molecule has 0 aliphatic carbocycles. The average Bonchev–Trinajstić information content (AvgIpc) is 2.50. The lowest BCUT2D eigenvalue weighted by Gasteiger charge is -2.10. The molecule has 1 amide bonds. The minimum atomic E-state index is -1.55. The van der Waals surface area contributed by atoms with E-state index in [4.69, 9.17) is 11.6 Å². The number of carbonyl (C=O) groups is 1. The summed E-state index contributed by atoms with van der Waals surface area (Å²) in [6.07, 6.45) is 0.0283. The Bertz CT molecular complexity index is 738. The lowest BCUT2D eigenvalue weighted by Crippen LogP contribution is -2.17. The maximum Gasteiger partial charge on any atom is 0.226 e. The second-order valence-electron chi connectivity index (χ2n) is 4.91. The SMILES string of the molecule is Cc1cc(Cl)ccc1NC(=O)CCNc1ccc(F)c(F)c1F. The maximum absolute atomic E-state index is 13.4. The Labute approximate surface area is 136 Å². The average molecular weight is 343 g/mol. The summed E-state index contributed by atoms with van der Waals surface area (Å²) < 4.78 is 39.3. The fraction of sp³-hybridized carbons (Fsp3) is 0.188. The Morgan fingerprint density at radius 3 is 2.48 bits per heavy atom. The molecule has 2 N–H and O–H groups in total. The summed E-state index contributed by atoms with van der Waals surface area (Å²) in [4.78, 5) is 11.8. The van der Waals surface area contributed by atoms with Crippen LogP contribution < -0.4 is 10.6 Å². The molecule has 0 spiro atoms. The number of aryl methyl sites for hydroxylation is 1. The van der Waals surface area contributed by atoms with Gasteiger partial charge in [0.25, 0.3) is 0 Å². The van der Waals surface area contributed by atoms with E-state index in [1.54, 1.807) is 25.1 Å². The Morgan fingerprint density at radius 2 is 1.78 bits per heavy atom. The predicted molar refractivity (Wildman–Crippen MR) is 84.2 cm³/mol. The minimum Gasteiger partial charge on any atom is -0.382 e. The molecule has 0 saturated heterocycles. The molecule has 2 aromatic carbocycles. The number of hydrogen-bond acceptors (Lipinski definition) is 2. The normalized spacial score (nSPS) is 10.5. The van der Waals surface area contributed by atoms with Crippen molar-refractivity contribution in [1.29, 1.82) is 0 Å². The summed E-state index contributed by atoms with van der Waals surface area (Å²) in [5, 5.41) is 5.82. The van der Waals surface area contributed by atoms with Crippen LogP contribution >= 0.6 is 11.6 Å². The van der Waals surface area contributed by atoms with Crippen LogP contribution in [0, 0.1) is 24.4 Å². The Morgan fingerprint density at radius 1 is 1.09 bits per heavy atom. The number of carbonyl (C=O) groups excluding carboxylic acids is 1. The molecule has 0 radical (unpaired) electrons. The molecule has 0 unspecified atom stereocenters. The summed E-state index contributed by atoms with van der Waals surface area (Å²) in [6, 6.07) is 6.94. The van der Waals surface area contributed by atoms with E-state index in [1.165, 1.54) is 0 Å². The fourth-order valence-electron chi connectivity index (χ4n) is 1.95. The topological polar surface area (TPSA) is 41.1 Å². The second-order valence-corrected chi connectivity index (χ2v) is 5.34. The van der Waals surface area contributed by atoms with Gasteiger partial charge in [-0.25, -0.2) is 13.2 Å². The molecular formula is C16H14ClF3N2O. The number of halogens is 4. The molecule has 23 heavy (non-hydrogen) atoms. The number of nitrogens with one attached hydrogen (secondary N) is 2. The zero-order chi connectivity index (χ0) is 17.0. The van der Waals surface area contributed by atoms with E-state index in [-0.39, 0.29) is 24.6 Å². The molecule has 7 heteroatoms. The maximum atomic E-state index is 13.4.